The number of sulfonamides is 1. The zero-order valence-corrected chi connectivity index (χ0v) is 20.6. The Morgan fingerprint density at radius 2 is 2.09 bits per heavy atom. The summed E-state index contributed by atoms with van der Waals surface area (Å²) in [5, 5.41) is 12.5. The van der Waals surface area contributed by atoms with Gasteiger partial charge in [0, 0.05) is 18.2 Å². The Labute approximate surface area is 201 Å². The molecule has 0 unspecified atom stereocenters. The average molecular weight is 490 g/mol. The first-order chi connectivity index (χ1) is 16.2. The lowest BCUT2D eigenvalue weighted by Gasteiger charge is -2.64. The van der Waals surface area contributed by atoms with E-state index >= 15 is 0 Å². The molecule has 1 amide bonds. The Bertz CT molecular complexity index is 1140. The molecule has 2 heterocycles. The first-order valence-electron chi connectivity index (χ1n) is 12.8. The van der Waals surface area contributed by atoms with Gasteiger partial charge < -0.3 is 15.6 Å². The van der Waals surface area contributed by atoms with E-state index in [9.17, 15) is 18.3 Å². The molecular formula is C25H35N3O5S. The minimum Gasteiger partial charge on any atom is -0.487 e. The van der Waals surface area contributed by atoms with Crippen LogP contribution in [0.4, 0.5) is 0 Å². The van der Waals surface area contributed by atoms with E-state index in [0.717, 1.165) is 30.6 Å². The van der Waals surface area contributed by atoms with Crippen LogP contribution in [-0.2, 0) is 21.9 Å². The van der Waals surface area contributed by atoms with Crippen molar-refractivity contribution in [2.24, 2.45) is 11.7 Å². The number of unbranched alkanes of at least 4 members (excludes halogenated alkanes) is 1. The topological polar surface area (TPSA) is 122 Å². The summed E-state index contributed by atoms with van der Waals surface area (Å²) in [6, 6.07) is 3.20. The van der Waals surface area contributed by atoms with Crippen molar-refractivity contribution in [1.29, 1.82) is 0 Å². The Hall–Kier alpha value is -1.68. The van der Waals surface area contributed by atoms with Gasteiger partial charge in [0.05, 0.1) is 28.4 Å². The summed E-state index contributed by atoms with van der Waals surface area (Å²) in [5.41, 5.74) is 6.23. The van der Waals surface area contributed by atoms with Crippen molar-refractivity contribution in [1.82, 2.24) is 9.62 Å². The van der Waals surface area contributed by atoms with Crippen LogP contribution in [0.3, 0.4) is 0 Å². The zero-order chi connectivity index (χ0) is 23.9. The van der Waals surface area contributed by atoms with Crippen LogP contribution < -0.4 is 15.2 Å². The third kappa shape index (κ3) is 3.13. The smallest absolute Gasteiger partial charge is 0.252 e. The van der Waals surface area contributed by atoms with Crippen LogP contribution in [0.15, 0.2) is 12.1 Å². The van der Waals surface area contributed by atoms with Crippen LogP contribution in [0.25, 0.3) is 0 Å². The molecule has 1 aromatic carbocycles. The maximum absolute atomic E-state index is 12.9. The van der Waals surface area contributed by atoms with Crippen molar-refractivity contribution in [3.8, 4) is 5.75 Å². The maximum Gasteiger partial charge on any atom is 0.252 e. The minimum absolute atomic E-state index is 0.0384. The molecule has 1 aromatic rings. The number of benzene rings is 1. The van der Waals surface area contributed by atoms with Gasteiger partial charge >= 0.3 is 0 Å². The van der Waals surface area contributed by atoms with Gasteiger partial charge in [0.25, 0.3) is 5.91 Å². The molecule has 0 radical (unpaired) electrons. The van der Waals surface area contributed by atoms with Gasteiger partial charge in [-0.25, -0.2) is 13.1 Å². The number of carbonyl (C=O) groups excluding carboxylic acids is 1. The summed E-state index contributed by atoms with van der Waals surface area (Å²) in [6.07, 6.45) is 5.70. The van der Waals surface area contributed by atoms with Crippen LogP contribution >= 0.6 is 0 Å². The standard InChI is InChI=1S/C25H35N3O5S/c1-2-3-12-34(31,32)27-18-8-9-25(30)19-13-16-6-7-17(23(26)29)21-20(16)24(25,22(18)33-21)10-11-28(19)14-15-4-5-15/h6-7,15,18-19,22,27,30H,2-5,8-14H2,1H3,(H2,26,29)/t18-,19-,22-,24+,25-/m1/s1. The highest BCUT2D eigenvalue weighted by atomic mass is 32.2. The van der Waals surface area contributed by atoms with Crippen molar-refractivity contribution >= 4 is 15.9 Å². The van der Waals surface area contributed by atoms with Crippen LogP contribution in [0.2, 0.25) is 0 Å². The molecule has 8 nitrogen and oxygen atoms in total. The van der Waals surface area contributed by atoms with Crippen molar-refractivity contribution in [3.05, 3.63) is 28.8 Å². The summed E-state index contributed by atoms with van der Waals surface area (Å²) in [6.45, 7) is 3.80. The Kier molecular flexibility index (Phi) is 5.13. The number of nitrogens with two attached hydrogens (primary N) is 1. The predicted molar refractivity (Wildman–Crippen MR) is 127 cm³/mol. The van der Waals surface area contributed by atoms with Crippen molar-refractivity contribution < 1.29 is 23.1 Å². The zero-order valence-electron chi connectivity index (χ0n) is 19.8. The van der Waals surface area contributed by atoms with Gasteiger partial charge in [-0.15, -0.1) is 0 Å². The molecule has 9 heteroatoms. The molecule has 2 bridgehead atoms. The predicted octanol–water partition coefficient (Wildman–Crippen LogP) is 1.44. The molecule has 1 saturated heterocycles. The number of likely N-dealkylation sites (tertiary alicyclic amines) is 1. The monoisotopic (exact) mass is 489 g/mol. The number of amides is 1. The lowest BCUT2D eigenvalue weighted by atomic mass is 9.48. The van der Waals surface area contributed by atoms with Crippen LogP contribution in [0.1, 0.15) is 73.4 Å². The van der Waals surface area contributed by atoms with Gasteiger partial charge in [-0.2, -0.15) is 0 Å². The number of hydrogen-bond donors (Lipinski definition) is 3. The summed E-state index contributed by atoms with van der Waals surface area (Å²) >= 11 is 0. The molecule has 3 aliphatic carbocycles. The number of carbonyl (C=O) groups is 1. The second-order valence-corrected chi connectivity index (χ2v) is 13.0. The van der Waals surface area contributed by atoms with Crippen LogP contribution in [-0.4, -0.2) is 67.0 Å². The Morgan fingerprint density at radius 3 is 2.79 bits per heavy atom. The SMILES string of the molecule is CCCCS(=O)(=O)N[C@@H]1CC[C@@]2(O)[C@H]3Cc4ccc(C(N)=O)c5c4[C@@]2(CCN3CC2CC2)[C@@H]1O5. The summed E-state index contributed by atoms with van der Waals surface area (Å²) in [5.74, 6) is 0.683. The van der Waals surface area contributed by atoms with Crippen molar-refractivity contribution in [2.45, 2.75) is 87.5 Å². The first-order valence-corrected chi connectivity index (χ1v) is 14.4. The molecule has 3 fully saturated rings. The minimum atomic E-state index is -3.49. The van der Waals surface area contributed by atoms with E-state index in [-0.39, 0.29) is 11.8 Å². The fourth-order valence-electron chi connectivity index (χ4n) is 7.43. The Morgan fingerprint density at radius 1 is 1.29 bits per heavy atom. The number of hydrogen-bond acceptors (Lipinski definition) is 6. The molecule has 2 saturated carbocycles. The third-order valence-corrected chi connectivity index (χ3v) is 10.6. The largest absolute Gasteiger partial charge is 0.487 e. The lowest BCUT2D eigenvalue weighted by molar-refractivity contribution is -0.190. The molecule has 6 rings (SSSR count). The van der Waals surface area contributed by atoms with E-state index in [2.05, 4.69) is 9.62 Å². The quantitative estimate of drug-likeness (QED) is 0.508. The van der Waals surface area contributed by atoms with E-state index < -0.39 is 39.1 Å². The van der Waals surface area contributed by atoms with Crippen molar-refractivity contribution in [2.75, 3.05) is 18.8 Å². The molecule has 1 spiro atoms. The van der Waals surface area contributed by atoms with Gasteiger partial charge in [-0.3, -0.25) is 9.69 Å². The fourth-order valence-corrected chi connectivity index (χ4v) is 8.92. The number of nitrogens with zero attached hydrogens (tertiary/aromatic N) is 1. The number of piperidine rings is 1. The summed E-state index contributed by atoms with van der Waals surface area (Å²) in [7, 11) is -3.49. The number of nitrogens with one attached hydrogen (secondary N) is 1. The van der Waals surface area contributed by atoms with Crippen LogP contribution in [0.5, 0.6) is 5.75 Å². The fraction of sp³-hybridized carbons (Fsp3) is 0.720. The number of rotatable bonds is 8. The second-order valence-electron chi connectivity index (χ2n) is 11.1. The highest BCUT2D eigenvalue weighted by molar-refractivity contribution is 7.89. The Balaban J connectivity index is 1.46. The van der Waals surface area contributed by atoms with Gasteiger partial charge in [0.2, 0.25) is 10.0 Å². The molecule has 186 valence electrons. The molecule has 4 N–H and O–H groups in total. The molecule has 2 aliphatic heterocycles. The summed E-state index contributed by atoms with van der Waals surface area (Å²) in [4.78, 5) is 14.8. The highest BCUT2D eigenvalue weighted by Gasteiger charge is 2.73. The molecule has 5 aliphatic rings. The molecular weight excluding hydrogens is 454 g/mol. The third-order valence-electron chi connectivity index (χ3n) is 9.15. The van der Waals surface area contributed by atoms with E-state index in [4.69, 9.17) is 10.5 Å². The van der Waals surface area contributed by atoms with E-state index in [0.29, 0.717) is 49.3 Å². The number of ether oxygens (including phenoxy) is 1. The lowest BCUT2D eigenvalue weighted by Crippen LogP contribution is -2.78. The second kappa shape index (κ2) is 7.66. The van der Waals surface area contributed by atoms with Gasteiger partial charge in [-0.05, 0) is 69.0 Å². The number of aliphatic hydroxyl groups is 1. The first kappa shape index (κ1) is 22.8. The van der Waals surface area contributed by atoms with Gasteiger partial charge in [0.1, 0.15) is 11.9 Å². The summed E-state index contributed by atoms with van der Waals surface area (Å²) < 4.78 is 35.2. The normalized spacial score (nSPS) is 36.1. The average Bonchev–Trinajstić information content (AvgIpc) is 3.53. The van der Waals surface area contributed by atoms with Crippen molar-refractivity contribution in [3.63, 3.8) is 0 Å². The molecule has 5 atom stereocenters. The number of primary amides is 1. The maximum atomic E-state index is 12.9. The molecule has 0 aromatic heterocycles. The van der Waals surface area contributed by atoms with Gasteiger partial charge in [0.15, 0.2) is 0 Å². The van der Waals surface area contributed by atoms with E-state index in [1.54, 1.807) is 6.07 Å². The van der Waals surface area contributed by atoms with E-state index in [1.807, 2.05) is 13.0 Å². The highest BCUT2D eigenvalue weighted by Crippen LogP contribution is 2.64. The van der Waals surface area contributed by atoms with Crippen LogP contribution in [0, 0.1) is 5.92 Å². The van der Waals surface area contributed by atoms with E-state index in [1.165, 1.54) is 12.8 Å². The molecule has 34 heavy (non-hydrogen) atoms. The van der Waals surface area contributed by atoms with Gasteiger partial charge in [-0.1, -0.05) is 19.4 Å².